The van der Waals surface area contributed by atoms with Gasteiger partial charge in [-0.2, -0.15) is 0 Å². The van der Waals surface area contributed by atoms with E-state index in [4.69, 9.17) is 0 Å². The third-order valence-electron chi connectivity index (χ3n) is 3.78. The van der Waals surface area contributed by atoms with Crippen LogP contribution in [0.5, 0.6) is 0 Å². The second-order valence-electron chi connectivity index (χ2n) is 5.22. The highest BCUT2D eigenvalue weighted by atomic mass is 19.1. The minimum atomic E-state index is -0.946. The molecule has 2 amide bonds. The molecule has 21 heavy (non-hydrogen) atoms. The first kappa shape index (κ1) is 15.2. The standard InChI is InChI=1S/C14H16F2N2O3/c15-9-3-4-11(10(16)7-9)18-13(21)17-8-14(12(19)20)5-1-2-6-14/h3-4,7H,1-2,5-6,8H2,(H,19,20)(H2,17,18,21). The number of hydrogen-bond acceptors (Lipinski definition) is 2. The minimum absolute atomic E-state index is 0.0169. The number of nitrogens with one attached hydrogen (secondary N) is 2. The average molecular weight is 298 g/mol. The van der Waals surface area contributed by atoms with Gasteiger partial charge in [0.05, 0.1) is 11.1 Å². The maximum Gasteiger partial charge on any atom is 0.319 e. The molecule has 7 heteroatoms. The summed E-state index contributed by atoms with van der Waals surface area (Å²) < 4.78 is 26.1. The Labute approximate surface area is 120 Å². The van der Waals surface area contributed by atoms with E-state index >= 15 is 0 Å². The van der Waals surface area contributed by atoms with Crippen LogP contribution >= 0.6 is 0 Å². The molecule has 1 aromatic carbocycles. The first-order valence-corrected chi connectivity index (χ1v) is 6.66. The highest BCUT2D eigenvalue weighted by Crippen LogP contribution is 2.37. The second-order valence-corrected chi connectivity index (χ2v) is 5.22. The van der Waals surface area contributed by atoms with Crippen LogP contribution in [0, 0.1) is 17.0 Å². The predicted molar refractivity (Wildman–Crippen MR) is 71.9 cm³/mol. The Morgan fingerprint density at radius 3 is 2.48 bits per heavy atom. The van der Waals surface area contributed by atoms with Gasteiger partial charge in [-0.05, 0) is 25.0 Å². The summed E-state index contributed by atoms with van der Waals surface area (Å²) in [6.45, 7) is -0.0169. The zero-order valence-electron chi connectivity index (χ0n) is 11.3. The van der Waals surface area contributed by atoms with Crippen LogP contribution in [-0.4, -0.2) is 23.7 Å². The molecule has 114 valence electrons. The molecule has 0 bridgehead atoms. The molecule has 0 aliphatic heterocycles. The highest BCUT2D eigenvalue weighted by molar-refractivity contribution is 5.89. The summed E-state index contributed by atoms with van der Waals surface area (Å²) in [5.74, 6) is -2.57. The molecule has 1 saturated carbocycles. The molecule has 0 aromatic heterocycles. The normalized spacial score (nSPS) is 16.5. The van der Waals surface area contributed by atoms with Gasteiger partial charge in [-0.25, -0.2) is 13.6 Å². The van der Waals surface area contributed by atoms with E-state index in [1.807, 2.05) is 0 Å². The lowest BCUT2D eigenvalue weighted by Crippen LogP contribution is -2.42. The Kier molecular flexibility index (Phi) is 4.40. The van der Waals surface area contributed by atoms with Gasteiger partial charge in [0.15, 0.2) is 0 Å². The van der Waals surface area contributed by atoms with E-state index in [0.29, 0.717) is 18.9 Å². The lowest BCUT2D eigenvalue weighted by molar-refractivity contribution is -0.148. The first-order chi connectivity index (χ1) is 9.93. The maximum absolute atomic E-state index is 13.4. The van der Waals surface area contributed by atoms with E-state index in [0.717, 1.165) is 25.0 Å². The number of carboxylic acids is 1. The molecular weight excluding hydrogens is 282 g/mol. The van der Waals surface area contributed by atoms with Crippen LogP contribution in [0.2, 0.25) is 0 Å². The summed E-state index contributed by atoms with van der Waals surface area (Å²) >= 11 is 0. The Bertz CT molecular complexity index is 557. The molecule has 0 atom stereocenters. The number of aliphatic carboxylic acids is 1. The fourth-order valence-corrected chi connectivity index (χ4v) is 2.52. The van der Waals surface area contributed by atoms with Crippen molar-refractivity contribution in [2.24, 2.45) is 5.41 Å². The molecule has 1 aliphatic carbocycles. The van der Waals surface area contributed by atoms with Crippen LogP contribution < -0.4 is 10.6 Å². The number of amides is 2. The Morgan fingerprint density at radius 1 is 1.24 bits per heavy atom. The predicted octanol–water partition coefficient (Wildman–Crippen LogP) is 2.73. The Balaban J connectivity index is 1.94. The van der Waals surface area contributed by atoms with Gasteiger partial charge >= 0.3 is 12.0 Å². The molecule has 0 unspecified atom stereocenters. The molecule has 0 saturated heterocycles. The molecule has 0 heterocycles. The number of anilines is 1. The number of urea groups is 1. The van der Waals surface area contributed by atoms with E-state index in [1.54, 1.807) is 0 Å². The van der Waals surface area contributed by atoms with Crippen molar-refractivity contribution in [3.05, 3.63) is 29.8 Å². The van der Waals surface area contributed by atoms with E-state index in [2.05, 4.69) is 10.6 Å². The van der Waals surface area contributed by atoms with E-state index in [9.17, 15) is 23.5 Å². The Morgan fingerprint density at radius 2 is 1.90 bits per heavy atom. The van der Waals surface area contributed by atoms with Gasteiger partial charge in [0.2, 0.25) is 0 Å². The van der Waals surface area contributed by atoms with Crippen LogP contribution in [-0.2, 0) is 4.79 Å². The lowest BCUT2D eigenvalue weighted by Gasteiger charge is -2.24. The molecule has 1 aliphatic rings. The monoisotopic (exact) mass is 298 g/mol. The smallest absolute Gasteiger partial charge is 0.319 e. The summed E-state index contributed by atoms with van der Waals surface area (Å²) in [4.78, 5) is 23.0. The molecule has 3 N–H and O–H groups in total. The fraction of sp³-hybridized carbons (Fsp3) is 0.429. The lowest BCUT2D eigenvalue weighted by atomic mass is 9.86. The van der Waals surface area contributed by atoms with Gasteiger partial charge in [0.25, 0.3) is 0 Å². The average Bonchev–Trinajstić information content (AvgIpc) is 2.90. The zero-order chi connectivity index (χ0) is 15.5. The van der Waals surface area contributed by atoms with Crippen LogP contribution in [0.25, 0.3) is 0 Å². The quantitative estimate of drug-likeness (QED) is 0.799. The number of carbonyl (C=O) groups excluding carboxylic acids is 1. The van der Waals surface area contributed by atoms with Crippen molar-refractivity contribution in [3.8, 4) is 0 Å². The summed E-state index contributed by atoms with van der Waals surface area (Å²) in [6, 6.07) is 2.07. The van der Waals surface area contributed by atoms with Crippen molar-refractivity contribution < 1.29 is 23.5 Å². The molecule has 2 rings (SSSR count). The van der Waals surface area contributed by atoms with Gasteiger partial charge in [0.1, 0.15) is 11.6 Å². The molecule has 0 radical (unpaired) electrons. The minimum Gasteiger partial charge on any atom is -0.481 e. The number of carboxylic acid groups (broad SMARTS) is 1. The van der Waals surface area contributed by atoms with Gasteiger partial charge < -0.3 is 15.7 Å². The van der Waals surface area contributed by atoms with E-state index in [-0.39, 0.29) is 12.2 Å². The molecule has 1 aromatic rings. The topological polar surface area (TPSA) is 78.4 Å². The fourth-order valence-electron chi connectivity index (χ4n) is 2.52. The van der Waals surface area contributed by atoms with Crippen molar-refractivity contribution in [1.82, 2.24) is 5.32 Å². The van der Waals surface area contributed by atoms with Gasteiger partial charge in [-0.3, -0.25) is 4.79 Å². The van der Waals surface area contributed by atoms with Gasteiger partial charge in [0, 0.05) is 12.6 Å². The van der Waals surface area contributed by atoms with E-state index in [1.165, 1.54) is 0 Å². The summed E-state index contributed by atoms with van der Waals surface area (Å²) in [6.07, 6.45) is 2.63. The number of rotatable bonds is 4. The van der Waals surface area contributed by atoms with Crippen LogP contribution in [0.3, 0.4) is 0 Å². The van der Waals surface area contributed by atoms with Crippen molar-refractivity contribution in [2.45, 2.75) is 25.7 Å². The molecule has 5 nitrogen and oxygen atoms in total. The number of halogens is 2. The summed E-state index contributed by atoms with van der Waals surface area (Å²) in [5.41, 5.74) is -1.11. The molecule has 0 spiro atoms. The maximum atomic E-state index is 13.4. The van der Waals surface area contributed by atoms with Crippen molar-refractivity contribution in [1.29, 1.82) is 0 Å². The molecular formula is C14H16F2N2O3. The van der Waals surface area contributed by atoms with Crippen molar-refractivity contribution in [2.75, 3.05) is 11.9 Å². The Hall–Kier alpha value is -2.18. The van der Waals surface area contributed by atoms with Crippen molar-refractivity contribution in [3.63, 3.8) is 0 Å². The van der Waals surface area contributed by atoms with Crippen LogP contribution in [0.4, 0.5) is 19.3 Å². The third kappa shape index (κ3) is 3.48. The van der Waals surface area contributed by atoms with Gasteiger partial charge in [-0.1, -0.05) is 12.8 Å². The first-order valence-electron chi connectivity index (χ1n) is 6.66. The van der Waals surface area contributed by atoms with Gasteiger partial charge in [-0.15, -0.1) is 0 Å². The number of carbonyl (C=O) groups is 2. The second kappa shape index (κ2) is 6.07. The van der Waals surface area contributed by atoms with Crippen LogP contribution in [0.15, 0.2) is 18.2 Å². The zero-order valence-corrected chi connectivity index (χ0v) is 11.3. The largest absolute Gasteiger partial charge is 0.481 e. The van der Waals surface area contributed by atoms with Crippen LogP contribution in [0.1, 0.15) is 25.7 Å². The summed E-state index contributed by atoms with van der Waals surface area (Å²) in [7, 11) is 0. The van der Waals surface area contributed by atoms with Crippen molar-refractivity contribution >= 4 is 17.7 Å². The molecule has 1 fully saturated rings. The number of benzene rings is 1. The number of hydrogen-bond donors (Lipinski definition) is 3. The SMILES string of the molecule is O=C(NCC1(C(=O)O)CCCC1)Nc1ccc(F)cc1F. The van der Waals surface area contributed by atoms with E-state index < -0.39 is 29.0 Å². The third-order valence-corrected chi connectivity index (χ3v) is 3.78. The summed E-state index contributed by atoms with van der Waals surface area (Å²) in [5, 5.41) is 13.9. The highest BCUT2D eigenvalue weighted by Gasteiger charge is 2.41.